The van der Waals surface area contributed by atoms with Crippen LogP contribution in [0, 0.1) is 5.92 Å². The van der Waals surface area contributed by atoms with E-state index in [2.05, 4.69) is 12.1 Å². The highest BCUT2D eigenvalue weighted by Gasteiger charge is 2.42. The van der Waals surface area contributed by atoms with Crippen molar-refractivity contribution in [3.05, 3.63) is 29.8 Å². The smallest absolute Gasteiger partial charge is 0.228 e. The molecule has 2 fully saturated rings. The van der Waals surface area contributed by atoms with Gasteiger partial charge in [-0.2, -0.15) is 0 Å². The van der Waals surface area contributed by atoms with Gasteiger partial charge in [-0.25, -0.2) is 0 Å². The van der Waals surface area contributed by atoms with Gasteiger partial charge in [0.1, 0.15) is 0 Å². The van der Waals surface area contributed by atoms with Gasteiger partial charge in [-0.05, 0) is 36.8 Å². The fourth-order valence-corrected chi connectivity index (χ4v) is 3.55. The van der Waals surface area contributed by atoms with Crippen molar-refractivity contribution in [3.8, 4) is 0 Å². The van der Waals surface area contributed by atoms with Crippen molar-refractivity contribution in [3.63, 3.8) is 0 Å². The van der Waals surface area contributed by atoms with E-state index in [0.29, 0.717) is 25.6 Å². The highest BCUT2D eigenvalue weighted by atomic mass is 32.2. The van der Waals surface area contributed by atoms with E-state index in [1.54, 1.807) is 16.7 Å². The molecule has 0 aromatic heterocycles. The Kier molecular flexibility index (Phi) is 4.43. The van der Waals surface area contributed by atoms with Gasteiger partial charge in [-0.1, -0.05) is 12.1 Å². The zero-order valence-electron chi connectivity index (χ0n) is 13.1. The monoisotopic (exact) mass is 318 g/mol. The van der Waals surface area contributed by atoms with Crippen molar-refractivity contribution >= 4 is 23.6 Å². The fraction of sp³-hybridized carbons (Fsp3) is 0.529. The van der Waals surface area contributed by atoms with Gasteiger partial charge in [0.2, 0.25) is 11.8 Å². The summed E-state index contributed by atoms with van der Waals surface area (Å²) < 4.78 is 0. The van der Waals surface area contributed by atoms with Gasteiger partial charge in [0.15, 0.2) is 0 Å². The van der Waals surface area contributed by atoms with Crippen molar-refractivity contribution in [2.45, 2.75) is 36.7 Å². The van der Waals surface area contributed by atoms with Gasteiger partial charge in [-0.3, -0.25) is 9.59 Å². The third kappa shape index (κ3) is 3.29. The topological polar surface area (TPSA) is 40.6 Å². The van der Waals surface area contributed by atoms with Crippen LogP contribution in [-0.4, -0.2) is 47.5 Å². The minimum absolute atomic E-state index is 0.0889. The number of thioether (sulfide) groups is 1. The molecule has 0 radical (unpaired) electrons. The van der Waals surface area contributed by atoms with Gasteiger partial charge in [0, 0.05) is 37.5 Å². The number of likely N-dealkylation sites (tertiary alicyclic amines) is 1. The Labute approximate surface area is 135 Å². The quantitative estimate of drug-likeness (QED) is 0.783. The van der Waals surface area contributed by atoms with E-state index in [1.165, 1.54) is 4.90 Å². The van der Waals surface area contributed by atoms with E-state index in [9.17, 15) is 9.59 Å². The second kappa shape index (κ2) is 6.32. The Morgan fingerprint density at radius 2 is 2.18 bits per heavy atom. The van der Waals surface area contributed by atoms with E-state index in [4.69, 9.17) is 0 Å². The summed E-state index contributed by atoms with van der Waals surface area (Å²) in [6.45, 7) is 1.21. The Balaban J connectivity index is 1.60. The molecule has 1 aliphatic heterocycles. The summed E-state index contributed by atoms with van der Waals surface area (Å²) in [6, 6.07) is 8.66. The molecule has 4 nitrogen and oxygen atoms in total. The molecule has 1 heterocycles. The van der Waals surface area contributed by atoms with Crippen LogP contribution in [0.4, 0.5) is 0 Å². The van der Waals surface area contributed by atoms with Crippen LogP contribution in [0.15, 0.2) is 29.2 Å². The van der Waals surface area contributed by atoms with Gasteiger partial charge < -0.3 is 9.80 Å². The summed E-state index contributed by atoms with van der Waals surface area (Å²) >= 11 is 1.70. The third-order valence-electron chi connectivity index (χ3n) is 4.43. The maximum atomic E-state index is 12.6. The van der Waals surface area contributed by atoms with Gasteiger partial charge >= 0.3 is 0 Å². The number of benzene rings is 1. The summed E-state index contributed by atoms with van der Waals surface area (Å²) in [7, 11) is 1.83. The Morgan fingerprint density at radius 1 is 1.41 bits per heavy atom. The van der Waals surface area contributed by atoms with Crippen LogP contribution >= 0.6 is 11.8 Å². The van der Waals surface area contributed by atoms with Gasteiger partial charge in [0.25, 0.3) is 0 Å². The summed E-state index contributed by atoms with van der Waals surface area (Å²) in [4.78, 5) is 29.4. The number of nitrogens with zero attached hydrogens (tertiary/aromatic N) is 2. The molecule has 1 saturated carbocycles. The molecular weight excluding hydrogens is 296 g/mol. The molecule has 0 spiro atoms. The molecule has 3 rings (SSSR count). The van der Waals surface area contributed by atoms with Crippen molar-refractivity contribution in [2.24, 2.45) is 5.92 Å². The summed E-state index contributed by atoms with van der Waals surface area (Å²) in [5.41, 5.74) is 1.13. The van der Waals surface area contributed by atoms with Crippen molar-refractivity contribution < 1.29 is 9.59 Å². The van der Waals surface area contributed by atoms with Crippen LogP contribution in [0.25, 0.3) is 0 Å². The lowest BCUT2D eigenvalue weighted by Gasteiger charge is -2.21. The van der Waals surface area contributed by atoms with E-state index >= 15 is 0 Å². The van der Waals surface area contributed by atoms with Gasteiger partial charge in [-0.15, -0.1) is 11.8 Å². The molecule has 0 bridgehead atoms. The molecule has 1 atom stereocenters. The maximum Gasteiger partial charge on any atom is 0.228 e. The number of hydrogen-bond donors (Lipinski definition) is 0. The molecule has 2 amide bonds. The van der Waals surface area contributed by atoms with E-state index in [0.717, 1.165) is 18.4 Å². The van der Waals surface area contributed by atoms with Crippen LogP contribution in [0.3, 0.4) is 0 Å². The van der Waals surface area contributed by atoms with Crippen LogP contribution in [-0.2, 0) is 16.1 Å². The zero-order valence-corrected chi connectivity index (χ0v) is 13.9. The predicted octanol–water partition coefficient (Wildman–Crippen LogP) is 2.38. The first-order valence-corrected chi connectivity index (χ1v) is 8.98. The second-order valence-corrected chi connectivity index (χ2v) is 7.10. The molecule has 0 N–H and O–H groups in total. The van der Waals surface area contributed by atoms with Crippen LogP contribution < -0.4 is 0 Å². The molecule has 5 heteroatoms. The number of amides is 2. The van der Waals surface area contributed by atoms with E-state index in [-0.39, 0.29) is 17.7 Å². The highest BCUT2D eigenvalue weighted by Crippen LogP contribution is 2.33. The summed E-state index contributed by atoms with van der Waals surface area (Å²) in [5.74, 6) is 0.0755. The Morgan fingerprint density at radius 3 is 2.86 bits per heavy atom. The minimum atomic E-state index is -0.165. The molecule has 1 unspecified atom stereocenters. The number of hydrogen-bond acceptors (Lipinski definition) is 3. The molecule has 2 aliphatic rings. The zero-order chi connectivity index (χ0) is 15.7. The lowest BCUT2D eigenvalue weighted by atomic mass is 10.1. The molecule has 118 valence electrons. The van der Waals surface area contributed by atoms with E-state index in [1.807, 2.05) is 30.3 Å². The molecule has 1 aromatic rings. The van der Waals surface area contributed by atoms with Crippen LogP contribution in [0.5, 0.6) is 0 Å². The molecule has 22 heavy (non-hydrogen) atoms. The lowest BCUT2D eigenvalue weighted by Crippen LogP contribution is -2.34. The Bertz CT molecular complexity index is 586. The average Bonchev–Trinajstić information content (AvgIpc) is 3.29. The first kappa shape index (κ1) is 15.4. The lowest BCUT2D eigenvalue weighted by molar-refractivity contribution is -0.135. The first-order valence-electron chi connectivity index (χ1n) is 7.76. The average molecular weight is 318 g/mol. The predicted molar refractivity (Wildman–Crippen MR) is 87.5 cm³/mol. The summed E-state index contributed by atoms with van der Waals surface area (Å²) in [5, 5.41) is 0. The molecular formula is C17H22N2O2S. The number of carbonyl (C=O) groups excluding carboxylic acids is 2. The number of rotatable bonds is 5. The fourth-order valence-electron chi connectivity index (χ4n) is 3.07. The number of carbonyl (C=O) groups is 2. The molecule has 1 saturated heterocycles. The summed E-state index contributed by atoms with van der Waals surface area (Å²) in [6.07, 6.45) is 4.63. The maximum absolute atomic E-state index is 12.6. The normalized spacial score (nSPS) is 21.3. The minimum Gasteiger partial charge on any atom is -0.341 e. The largest absolute Gasteiger partial charge is 0.341 e. The second-order valence-electron chi connectivity index (χ2n) is 6.22. The molecule has 1 aliphatic carbocycles. The van der Waals surface area contributed by atoms with Crippen LogP contribution in [0.1, 0.15) is 24.8 Å². The van der Waals surface area contributed by atoms with Gasteiger partial charge in [0.05, 0.1) is 5.92 Å². The SMILES string of the molecule is CSc1cccc(CN(C)C(=O)C2CC(=O)N(C3CC3)C2)c1. The Hall–Kier alpha value is -1.49. The van der Waals surface area contributed by atoms with Crippen molar-refractivity contribution in [1.82, 2.24) is 9.80 Å². The molecule has 1 aromatic carbocycles. The van der Waals surface area contributed by atoms with Crippen LogP contribution in [0.2, 0.25) is 0 Å². The van der Waals surface area contributed by atoms with Crippen molar-refractivity contribution in [1.29, 1.82) is 0 Å². The highest BCUT2D eigenvalue weighted by molar-refractivity contribution is 7.98. The first-order chi connectivity index (χ1) is 10.6. The standard InChI is InChI=1S/C17H22N2O2S/c1-18(10-12-4-3-5-15(8-12)22-2)17(21)13-9-16(20)19(11-13)14-6-7-14/h3-5,8,13-14H,6-7,9-11H2,1-2H3. The van der Waals surface area contributed by atoms with Crippen molar-refractivity contribution in [2.75, 3.05) is 19.8 Å². The van der Waals surface area contributed by atoms with E-state index < -0.39 is 0 Å². The third-order valence-corrected chi connectivity index (χ3v) is 5.15.